The van der Waals surface area contributed by atoms with E-state index in [0.29, 0.717) is 11.1 Å². The van der Waals surface area contributed by atoms with E-state index in [-0.39, 0.29) is 5.69 Å². The average molecular weight is 363 g/mol. The molecular weight excluding hydrogens is 350 g/mol. The third-order valence-electron chi connectivity index (χ3n) is 3.65. The number of anilines is 1. The number of hydrogen-bond donors (Lipinski definition) is 1. The highest BCUT2D eigenvalue weighted by Crippen LogP contribution is 2.32. The number of alkyl halides is 3. The standard InChI is InChI=1S/C18H13F4N3O/c1-25-10-14(16(24-25)18(20,21)22)17(26)23-15-8-3-2-7-13(15)11-5-4-6-12(19)9-11/h2-10H,1H3,(H,23,26). The molecule has 3 rings (SSSR count). The van der Waals surface area contributed by atoms with Crippen molar-refractivity contribution in [2.24, 2.45) is 7.05 Å². The summed E-state index contributed by atoms with van der Waals surface area (Å²) in [6.07, 6.45) is -3.75. The first-order valence-electron chi connectivity index (χ1n) is 7.53. The van der Waals surface area contributed by atoms with Crippen LogP contribution in [0.25, 0.3) is 11.1 Å². The molecule has 0 saturated carbocycles. The van der Waals surface area contributed by atoms with Gasteiger partial charge in [-0.05, 0) is 23.8 Å². The molecule has 0 unspecified atom stereocenters. The van der Waals surface area contributed by atoms with Gasteiger partial charge in [-0.25, -0.2) is 4.39 Å². The third-order valence-corrected chi connectivity index (χ3v) is 3.65. The molecule has 4 nitrogen and oxygen atoms in total. The van der Waals surface area contributed by atoms with Crippen molar-refractivity contribution in [2.45, 2.75) is 6.18 Å². The lowest BCUT2D eigenvalue weighted by Crippen LogP contribution is -2.18. The Hall–Kier alpha value is -3.16. The highest BCUT2D eigenvalue weighted by Gasteiger charge is 2.39. The monoisotopic (exact) mass is 363 g/mol. The first kappa shape index (κ1) is 17.7. The minimum Gasteiger partial charge on any atom is -0.321 e. The van der Waals surface area contributed by atoms with Gasteiger partial charge in [0.15, 0.2) is 5.69 Å². The van der Waals surface area contributed by atoms with Crippen LogP contribution in [0.2, 0.25) is 0 Å². The van der Waals surface area contributed by atoms with Crippen LogP contribution >= 0.6 is 0 Å². The number of benzene rings is 2. The number of hydrogen-bond acceptors (Lipinski definition) is 2. The summed E-state index contributed by atoms with van der Waals surface area (Å²) in [4.78, 5) is 12.4. The van der Waals surface area contributed by atoms with Crippen molar-refractivity contribution in [3.63, 3.8) is 0 Å². The van der Waals surface area contributed by atoms with Crippen molar-refractivity contribution in [1.29, 1.82) is 0 Å². The summed E-state index contributed by atoms with van der Waals surface area (Å²) >= 11 is 0. The van der Waals surface area contributed by atoms with Gasteiger partial charge in [0.05, 0.1) is 5.56 Å². The average Bonchev–Trinajstić information content (AvgIpc) is 2.98. The van der Waals surface area contributed by atoms with Crippen LogP contribution in [0.15, 0.2) is 54.7 Å². The summed E-state index contributed by atoms with van der Waals surface area (Å²) in [6, 6.07) is 12.2. The topological polar surface area (TPSA) is 46.9 Å². The lowest BCUT2D eigenvalue weighted by atomic mass is 10.0. The van der Waals surface area contributed by atoms with Crippen LogP contribution in [-0.2, 0) is 13.2 Å². The second-order valence-corrected chi connectivity index (χ2v) is 5.57. The number of halogens is 4. The van der Waals surface area contributed by atoms with E-state index < -0.39 is 29.2 Å². The van der Waals surface area contributed by atoms with E-state index in [1.165, 1.54) is 31.3 Å². The number of amides is 1. The minimum absolute atomic E-state index is 0.264. The van der Waals surface area contributed by atoms with E-state index in [9.17, 15) is 22.4 Å². The number of rotatable bonds is 3. The number of nitrogens with zero attached hydrogens (tertiary/aromatic N) is 2. The van der Waals surface area contributed by atoms with Crippen molar-refractivity contribution in [2.75, 3.05) is 5.32 Å². The van der Waals surface area contributed by atoms with Gasteiger partial charge in [-0.3, -0.25) is 9.48 Å². The number of para-hydroxylation sites is 1. The summed E-state index contributed by atoms with van der Waals surface area (Å²) in [6.45, 7) is 0. The summed E-state index contributed by atoms with van der Waals surface area (Å²) in [7, 11) is 1.30. The predicted octanol–water partition coefficient (Wildman–Crippen LogP) is 4.50. The van der Waals surface area contributed by atoms with E-state index in [1.807, 2.05) is 0 Å². The fourth-order valence-corrected chi connectivity index (χ4v) is 2.55. The Bertz CT molecular complexity index is 963. The number of carbonyl (C=O) groups is 1. The molecule has 26 heavy (non-hydrogen) atoms. The zero-order chi connectivity index (χ0) is 18.9. The van der Waals surface area contributed by atoms with Gasteiger partial charge in [-0.15, -0.1) is 0 Å². The lowest BCUT2D eigenvalue weighted by molar-refractivity contribution is -0.141. The lowest BCUT2D eigenvalue weighted by Gasteiger charge is -2.12. The maximum absolute atomic E-state index is 13.5. The van der Waals surface area contributed by atoms with Gasteiger partial charge >= 0.3 is 6.18 Å². The third kappa shape index (κ3) is 3.58. The van der Waals surface area contributed by atoms with E-state index in [4.69, 9.17) is 0 Å². The minimum atomic E-state index is -4.75. The second kappa shape index (κ2) is 6.62. The Balaban J connectivity index is 1.97. The quantitative estimate of drug-likeness (QED) is 0.697. The maximum Gasteiger partial charge on any atom is 0.435 e. The Kier molecular flexibility index (Phi) is 4.50. The Morgan fingerprint density at radius 3 is 2.54 bits per heavy atom. The van der Waals surface area contributed by atoms with Crippen molar-refractivity contribution in [3.05, 3.63) is 71.8 Å². The Morgan fingerprint density at radius 2 is 1.85 bits per heavy atom. The molecule has 1 N–H and O–H groups in total. The largest absolute Gasteiger partial charge is 0.435 e. The normalized spacial score (nSPS) is 11.4. The van der Waals surface area contributed by atoms with Gasteiger partial charge in [-0.1, -0.05) is 30.3 Å². The van der Waals surface area contributed by atoms with Gasteiger partial charge < -0.3 is 5.32 Å². The molecule has 2 aromatic carbocycles. The summed E-state index contributed by atoms with van der Waals surface area (Å²) in [5, 5.41) is 5.77. The first-order valence-corrected chi connectivity index (χ1v) is 7.53. The van der Waals surface area contributed by atoms with Crippen molar-refractivity contribution < 1.29 is 22.4 Å². The molecule has 0 aliphatic rings. The molecule has 0 fully saturated rings. The molecule has 0 saturated heterocycles. The molecule has 0 atom stereocenters. The van der Waals surface area contributed by atoms with E-state index in [2.05, 4.69) is 10.4 Å². The summed E-state index contributed by atoms with van der Waals surface area (Å²) in [5.41, 5.74) is -0.615. The van der Waals surface area contributed by atoms with E-state index >= 15 is 0 Å². The van der Waals surface area contributed by atoms with Gasteiger partial charge in [0.2, 0.25) is 0 Å². The molecule has 8 heteroatoms. The molecule has 0 bridgehead atoms. The molecule has 3 aromatic rings. The molecular formula is C18H13F4N3O. The molecule has 134 valence electrons. The van der Waals surface area contributed by atoms with E-state index in [1.54, 1.807) is 24.3 Å². The summed E-state index contributed by atoms with van der Waals surface area (Å²) in [5.74, 6) is -1.41. The second-order valence-electron chi connectivity index (χ2n) is 5.57. The number of carbonyl (C=O) groups excluding carboxylic acids is 1. The van der Waals surface area contributed by atoms with Crippen LogP contribution in [-0.4, -0.2) is 15.7 Å². The highest BCUT2D eigenvalue weighted by molar-refractivity contribution is 6.07. The Morgan fingerprint density at radius 1 is 1.12 bits per heavy atom. The Labute approximate surface area is 146 Å². The van der Waals surface area contributed by atoms with Gasteiger partial charge in [0.1, 0.15) is 5.82 Å². The predicted molar refractivity (Wildman–Crippen MR) is 88.0 cm³/mol. The first-order chi connectivity index (χ1) is 12.3. The number of aryl methyl sites for hydroxylation is 1. The highest BCUT2D eigenvalue weighted by atomic mass is 19.4. The fraction of sp³-hybridized carbons (Fsp3) is 0.111. The van der Waals surface area contributed by atoms with Crippen molar-refractivity contribution in [1.82, 2.24) is 9.78 Å². The number of nitrogens with one attached hydrogen (secondary N) is 1. The molecule has 1 amide bonds. The smallest absolute Gasteiger partial charge is 0.321 e. The van der Waals surface area contributed by atoms with Gasteiger partial charge in [0.25, 0.3) is 5.91 Å². The van der Waals surface area contributed by atoms with Crippen LogP contribution in [0, 0.1) is 5.82 Å². The molecule has 1 aromatic heterocycles. The fourth-order valence-electron chi connectivity index (χ4n) is 2.55. The van der Waals surface area contributed by atoms with E-state index in [0.717, 1.165) is 10.9 Å². The van der Waals surface area contributed by atoms with Gasteiger partial charge in [-0.2, -0.15) is 18.3 Å². The van der Waals surface area contributed by atoms with Crippen LogP contribution in [0.4, 0.5) is 23.2 Å². The zero-order valence-electron chi connectivity index (χ0n) is 13.5. The molecule has 0 aliphatic carbocycles. The van der Waals surface area contributed by atoms with Crippen LogP contribution < -0.4 is 5.32 Å². The molecule has 0 aliphatic heterocycles. The van der Waals surface area contributed by atoms with Crippen LogP contribution in [0.3, 0.4) is 0 Å². The number of aromatic nitrogens is 2. The SMILES string of the molecule is Cn1cc(C(=O)Nc2ccccc2-c2cccc(F)c2)c(C(F)(F)F)n1. The van der Waals surface area contributed by atoms with Crippen LogP contribution in [0.1, 0.15) is 16.1 Å². The zero-order valence-corrected chi connectivity index (χ0v) is 13.5. The summed E-state index contributed by atoms with van der Waals surface area (Å²) < 4.78 is 53.6. The van der Waals surface area contributed by atoms with Crippen molar-refractivity contribution >= 4 is 11.6 Å². The molecule has 1 heterocycles. The van der Waals surface area contributed by atoms with Crippen LogP contribution in [0.5, 0.6) is 0 Å². The van der Waals surface area contributed by atoms with Gasteiger partial charge in [0, 0.05) is 24.5 Å². The maximum atomic E-state index is 13.5. The molecule has 0 spiro atoms. The molecule has 0 radical (unpaired) electrons. The van der Waals surface area contributed by atoms with Crippen molar-refractivity contribution in [3.8, 4) is 11.1 Å².